The molecule has 8 heteroatoms. The summed E-state index contributed by atoms with van der Waals surface area (Å²) in [6, 6.07) is 18.6. The molecule has 0 aliphatic heterocycles. The number of halogens is 2. The third-order valence-electron chi connectivity index (χ3n) is 3.70. The van der Waals surface area contributed by atoms with Crippen molar-refractivity contribution in [2.45, 2.75) is 12.8 Å². The zero-order valence-corrected chi connectivity index (χ0v) is 14.1. The molecule has 2 aromatic carbocycles. The molecule has 0 radical (unpaired) electrons. The largest absolute Gasteiger partial charge is 0.477 e. The molecule has 0 aliphatic rings. The molecule has 0 amide bonds. The second kappa shape index (κ2) is 8.22. The molecule has 0 unspecified atom stereocenters. The Morgan fingerprint density at radius 3 is 2.33 bits per heavy atom. The lowest BCUT2D eigenvalue weighted by molar-refractivity contribution is 0.0687. The molecular formula is C19H16F2N4O2. The number of carbonyl (C=O) groups is 1. The molecular weight excluding hydrogens is 354 g/mol. The van der Waals surface area contributed by atoms with Gasteiger partial charge in [-0.25, -0.2) is 18.3 Å². The molecule has 138 valence electrons. The van der Waals surface area contributed by atoms with E-state index in [-0.39, 0.29) is 17.8 Å². The Bertz CT molecular complexity index is 941. The summed E-state index contributed by atoms with van der Waals surface area (Å²) in [5.74, 6) is -1.20. The fourth-order valence-corrected chi connectivity index (χ4v) is 2.43. The average Bonchev–Trinajstić information content (AvgIpc) is 3.11. The number of hydrogen-bond donors (Lipinski definition) is 2. The topological polar surface area (TPSA) is 79.5 Å². The lowest BCUT2D eigenvalue weighted by atomic mass is 10.2. The maximum Gasteiger partial charge on any atom is 0.354 e. The van der Waals surface area contributed by atoms with Crippen molar-refractivity contribution in [2.24, 2.45) is 5.10 Å². The molecule has 0 bridgehead atoms. The monoisotopic (exact) mass is 370 g/mol. The molecule has 0 fully saturated rings. The number of benzene rings is 2. The average molecular weight is 370 g/mol. The van der Waals surface area contributed by atoms with E-state index >= 15 is 0 Å². The van der Waals surface area contributed by atoms with Crippen molar-refractivity contribution in [3.05, 3.63) is 78.1 Å². The highest BCUT2D eigenvalue weighted by atomic mass is 19.3. The van der Waals surface area contributed by atoms with E-state index in [4.69, 9.17) is 0 Å². The molecule has 0 aliphatic carbocycles. The van der Waals surface area contributed by atoms with Crippen molar-refractivity contribution >= 4 is 17.4 Å². The summed E-state index contributed by atoms with van der Waals surface area (Å²) in [6.45, 7) is 0. The minimum absolute atomic E-state index is 0.110. The van der Waals surface area contributed by atoms with E-state index in [2.05, 4.69) is 15.6 Å². The lowest BCUT2D eigenvalue weighted by Gasteiger charge is -2.06. The zero-order chi connectivity index (χ0) is 19.2. The number of anilines is 1. The number of carboxylic acids is 1. The minimum Gasteiger partial charge on any atom is -0.477 e. The fourth-order valence-electron chi connectivity index (χ4n) is 2.43. The highest BCUT2D eigenvalue weighted by molar-refractivity contribution is 5.91. The van der Waals surface area contributed by atoms with Crippen molar-refractivity contribution in [2.75, 3.05) is 5.43 Å². The first-order valence-corrected chi connectivity index (χ1v) is 8.08. The zero-order valence-electron chi connectivity index (χ0n) is 14.1. The fraction of sp³-hybridized carbons (Fsp3) is 0.105. The number of nitrogens with zero attached hydrogens (tertiary/aromatic N) is 3. The van der Waals surface area contributed by atoms with E-state index in [9.17, 15) is 18.7 Å². The summed E-state index contributed by atoms with van der Waals surface area (Å²) in [4.78, 5) is 11.5. The van der Waals surface area contributed by atoms with Gasteiger partial charge in [0.25, 0.3) is 6.43 Å². The summed E-state index contributed by atoms with van der Waals surface area (Å²) in [5, 5.41) is 17.3. The molecule has 0 spiro atoms. The van der Waals surface area contributed by atoms with E-state index in [1.807, 2.05) is 0 Å². The number of alkyl halides is 2. The first-order chi connectivity index (χ1) is 13.0. The van der Waals surface area contributed by atoms with Crippen molar-refractivity contribution in [3.8, 4) is 5.69 Å². The summed E-state index contributed by atoms with van der Waals surface area (Å²) in [6.07, 6.45) is -3.09. The number of para-hydroxylation sites is 2. The van der Waals surface area contributed by atoms with Crippen molar-refractivity contribution < 1.29 is 18.7 Å². The summed E-state index contributed by atoms with van der Waals surface area (Å²) in [5.41, 5.74) is 3.31. The first kappa shape index (κ1) is 18.2. The third kappa shape index (κ3) is 4.55. The van der Waals surface area contributed by atoms with Gasteiger partial charge in [0.2, 0.25) is 0 Å². The standard InChI is InChI=1S/C19H16F2N4O2/c20-18(21)16(23-22-13-7-3-1-4-8-13)11-14-12-17(19(26)27)25(24-14)15-9-5-2-6-10-15/h1-10,12,18,22H,11H2,(H,26,27). The molecule has 0 atom stereocenters. The van der Waals surface area contributed by atoms with E-state index in [1.165, 1.54) is 10.7 Å². The number of hydrogen-bond acceptors (Lipinski definition) is 4. The van der Waals surface area contributed by atoms with E-state index in [0.717, 1.165) is 0 Å². The highest BCUT2D eigenvalue weighted by Gasteiger charge is 2.20. The Balaban J connectivity index is 1.87. The molecule has 6 nitrogen and oxygen atoms in total. The quantitative estimate of drug-likeness (QED) is 0.489. The van der Waals surface area contributed by atoms with Gasteiger partial charge < -0.3 is 5.11 Å². The predicted octanol–water partition coefficient (Wildman–Crippen LogP) is 3.85. The second-order valence-corrected chi connectivity index (χ2v) is 5.63. The summed E-state index contributed by atoms with van der Waals surface area (Å²) in [7, 11) is 0. The van der Waals surface area contributed by atoms with Crippen LogP contribution in [0.4, 0.5) is 14.5 Å². The van der Waals surface area contributed by atoms with Crippen molar-refractivity contribution in [1.29, 1.82) is 0 Å². The number of carboxylic acid groups (broad SMARTS) is 1. The van der Waals surface area contributed by atoms with Crippen LogP contribution in [0.3, 0.4) is 0 Å². The van der Waals surface area contributed by atoms with Crippen molar-refractivity contribution in [3.63, 3.8) is 0 Å². The number of aromatic nitrogens is 2. The van der Waals surface area contributed by atoms with Crippen LogP contribution in [-0.2, 0) is 6.42 Å². The van der Waals surface area contributed by atoms with Gasteiger partial charge in [0.05, 0.1) is 17.1 Å². The number of nitrogens with one attached hydrogen (secondary N) is 1. The van der Waals surface area contributed by atoms with Crippen LogP contribution < -0.4 is 5.43 Å². The molecule has 1 heterocycles. The smallest absolute Gasteiger partial charge is 0.354 e. The van der Waals surface area contributed by atoms with Crippen LogP contribution in [0.15, 0.2) is 71.8 Å². The highest BCUT2D eigenvalue weighted by Crippen LogP contribution is 2.15. The van der Waals surface area contributed by atoms with Crippen molar-refractivity contribution in [1.82, 2.24) is 9.78 Å². The van der Waals surface area contributed by atoms with Gasteiger partial charge >= 0.3 is 5.97 Å². The van der Waals surface area contributed by atoms with Crippen LogP contribution in [0.1, 0.15) is 16.2 Å². The molecule has 0 saturated carbocycles. The number of aromatic carboxylic acids is 1. The first-order valence-electron chi connectivity index (χ1n) is 8.08. The van der Waals surface area contributed by atoms with Gasteiger partial charge in [-0.3, -0.25) is 5.43 Å². The van der Waals surface area contributed by atoms with Crippen LogP contribution in [0.2, 0.25) is 0 Å². The Morgan fingerprint density at radius 1 is 1.11 bits per heavy atom. The van der Waals surface area contributed by atoms with Crippen LogP contribution in [0.25, 0.3) is 5.69 Å². The summed E-state index contributed by atoms with van der Waals surface area (Å²) < 4.78 is 27.9. The molecule has 1 aromatic heterocycles. The van der Waals surface area contributed by atoms with Gasteiger partial charge in [-0.2, -0.15) is 10.2 Å². The van der Waals surface area contributed by atoms with Gasteiger partial charge in [-0.1, -0.05) is 36.4 Å². The van der Waals surface area contributed by atoms with E-state index in [0.29, 0.717) is 11.4 Å². The Kier molecular flexibility index (Phi) is 5.55. The maximum absolute atomic E-state index is 13.4. The predicted molar refractivity (Wildman–Crippen MR) is 97.7 cm³/mol. The van der Waals surface area contributed by atoms with Gasteiger partial charge in [0.1, 0.15) is 5.71 Å². The van der Waals surface area contributed by atoms with E-state index < -0.39 is 18.1 Å². The molecule has 2 N–H and O–H groups in total. The molecule has 3 aromatic rings. The summed E-state index contributed by atoms with van der Waals surface area (Å²) >= 11 is 0. The lowest BCUT2D eigenvalue weighted by Crippen LogP contribution is -2.16. The maximum atomic E-state index is 13.4. The molecule has 3 rings (SSSR count). The Labute approximate surface area is 153 Å². The third-order valence-corrected chi connectivity index (χ3v) is 3.70. The van der Waals surface area contributed by atoms with Gasteiger partial charge in [-0.05, 0) is 30.3 Å². The molecule has 0 saturated heterocycles. The van der Waals surface area contributed by atoms with Crippen LogP contribution in [0.5, 0.6) is 0 Å². The van der Waals surface area contributed by atoms with Crippen LogP contribution >= 0.6 is 0 Å². The van der Waals surface area contributed by atoms with Gasteiger partial charge in [-0.15, -0.1) is 0 Å². The Morgan fingerprint density at radius 2 is 1.74 bits per heavy atom. The van der Waals surface area contributed by atoms with Crippen LogP contribution in [-0.4, -0.2) is 33.0 Å². The normalized spacial score (nSPS) is 11.6. The second-order valence-electron chi connectivity index (χ2n) is 5.63. The van der Waals surface area contributed by atoms with E-state index in [1.54, 1.807) is 60.7 Å². The SMILES string of the molecule is O=C(O)c1cc(CC(=NNc2ccccc2)C(F)F)nn1-c1ccccc1. The Hall–Kier alpha value is -3.55. The molecule has 27 heavy (non-hydrogen) atoms. The minimum atomic E-state index is -2.81. The number of hydrazone groups is 1. The number of rotatable bonds is 7. The van der Waals surface area contributed by atoms with Gasteiger partial charge in [0.15, 0.2) is 5.69 Å². The van der Waals surface area contributed by atoms with Crippen LogP contribution in [0, 0.1) is 0 Å². The van der Waals surface area contributed by atoms with Gasteiger partial charge in [0, 0.05) is 6.42 Å².